The molecule has 0 aliphatic carbocycles. The van der Waals surface area contributed by atoms with Gasteiger partial charge in [-0.25, -0.2) is 4.79 Å². The van der Waals surface area contributed by atoms with Crippen molar-refractivity contribution in [2.75, 3.05) is 19.6 Å². The van der Waals surface area contributed by atoms with E-state index >= 15 is 0 Å². The van der Waals surface area contributed by atoms with E-state index in [-0.39, 0.29) is 81.6 Å². The predicted molar refractivity (Wildman–Crippen MR) is 247 cm³/mol. The molecule has 0 bridgehead atoms. The molecular weight excluding hydrogens is 855 g/mol. The Morgan fingerprint density at radius 3 is 1.67 bits per heavy atom. The Bertz CT molecular complexity index is 2010. The molecule has 0 saturated carbocycles. The maximum atomic E-state index is 14.3. The van der Waals surface area contributed by atoms with Crippen LogP contribution in [0.1, 0.15) is 76.8 Å². The van der Waals surface area contributed by atoms with Gasteiger partial charge < -0.3 is 70.4 Å². The van der Waals surface area contributed by atoms with Crippen molar-refractivity contribution in [1.29, 1.82) is 0 Å². The van der Waals surface area contributed by atoms with Crippen LogP contribution in [0.3, 0.4) is 0 Å². The van der Waals surface area contributed by atoms with Gasteiger partial charge in [-0.3, -0.25) is 38.8 Å². The number of nitrogens with one attached hydrogen (secondary N) is 5. The van der Waals surface area contributed by atoms with E-state index in [1.54, 1.807) is 30.3 Å². The van der Waals surface area contributed by atoms with Gasteiger partial charge in [0.15, 0.2) is 11.9 Å². The van der Waals surface area contributed by atoms with E-state index < -0.39 is 83.7 Å². The summed E-state index contributed by atoms with van der Waals surface area (Å²) in [6.07, 6.45) is 1.28. The summed E-state index contributed by atoms with van der Waals surface area (Å²) in [5, 5.41) is 33.2. The van der Waals surface area contributed by atoms with Gasteiger partial charge in [-0.2, -0.15) is 0 Å². The van der Waals surface area contributed by atoms with Crippen LogP contribution in [0.5, 0.6) is 5.75 Å². The van der Waals surface area contributed by atoms with Crippen molar-refractivity contribution in [2.45, 2.75) is 121 Å². The summed E-state index contributed by atoms with van der Waals surface area (Å²) in [5.41, 5.74) is 29.0. The van der Waals surface area contributed by atoms with E-state index in [9.17, 15) is 43.8 Å². The quantitative estimate of drug-likeness (QED) is 0.0281. The normalized spacial score (nSPS) is 16.0. The minimum absolute atomic E-state index is 0.0220. The number of nitrogens with two attached hydrogens (primary N) is 5. The molecule has 22 heteroatoms. The lowest BCUT2D eigenvalue weighted by Gasteiger charge is -2.29. The Balaban J connectivity index is 1.90. The fourth-order valence-electron chi connectivity index (χ4n) is 7.30. The minimum atomic E-state index is -1.41. The number of benzene rings is 2. The highest BCUT2D eigenvalue weighted by molar-refractivity contribution is 5.97. The number of carbonyl (C=O) groups excluding carboxylic acids is 6. The summed E-state index contributed by atoms with van der Waals surface area (Å²) >= 11 is 0. The predicted octanol–water partition coefficient (Wildman–Crippen LogP) is -1.82. The Hall–Kier alpha value is -6.97. The second kappa shape index (κ2) is 26.7. The highest BCUT2D eigenvalue weighted by atomic mass is 16.4. The molecule has 1 aliphatic rings. The van der Waals surface area contributed by atoms with E-state index in [0.29, 0.717) is 30.5 Å². The van der Waals surface area contributed by atoms with E-state index in [1.807, 2.05) is 13.8 Å². The van der Waals surface area contributed by atoms with Crippen LogP contribution in [0.4, 0.5) is 0 Å². The van der Waals surface area contributed by atoms with Crippen molar-refractivity contribution in [3.8, 4) is 5.75 Å². The largest absolute Gasteiger partial charge is 0.508 e. The molecule has 1 aliphatic heterocycles. The molecule has 1 heterocycles. The number of hydrogen-bond donors (Lipinski definition) is 12. The van der Waals surface area contributed by atoms with Crippen LogP contribution in [0.15, 0.2) is 64.6 Å². The van der Waals surface area contributed by atoms with Gasteiger partial charge in [0, 0.05) is 32.5 Å². The van der Waals surface area contributed by atoms with E-state index in [2.05, 4.69) is 36.6 Å². The molecule has 0 radical (unpaired) electrons. The molecule has 0 unspecified atom stereocenters. The highest BCUT2D eigenvalue weighted by Crippen LogP contribution is 2.19. The van der Waals surface area contributed by atoms with Crippen LogP contribution in [-0.4, -0.2) is 130 Å². The van der Waals surface area contributed by atoms with Gasteiger partial charge in [0.25, 0.3) is 0 Å². The van der Waals surface area contributed by atoms with E-state index in [4.69, 9.17) is 28.7 Å². The van der Waals surface area contributed by atoms with Crippen LogP contribution in [-0.2, 0) is 46.4 Å². The van der Waals surface area contributed by atoms with Crippen molar-refractivity contribution in [3.05, 3.63) is 65.7 Å². The van der Waals surface area contributed by atoms with Crippen molar-refractivity contribution in [1.82, 2.24) is 31.5 Å². The fraction of sp³-hybridized carbons (Fsp3) is 0.523. The molecule has 0 aromatic heterocycles. The summed E-state index contributed by atoms with van der Waals surface area (Å²) in [4.78, 5) is 105. The van der Waals surface area contributed by atoms with Gasteiger partial charge in [-0.1, -0.05) is 56.3 Å². The topological polar surface area (TPSA) is 378 Å². The summed E-state index contributed by atoms with van der Waals surface area (Å²) in [7, 11) is 0. The molecule has 1 saturated heterocycles. The number of likely N-dealkylation sites (tertiary alicyclic amines) is 1. The molecule has 7 atom stereocenters. The monoisotopic (exact) mass is 922 g/mol. The Morgan fingerprint density at radius 2 is 1.14 bits per heavy atom. The Kier molecular flexibility index (Phi) is 21.6. The zero-order valence-corrected chi connectivity index (χ0v) is 37.8. The fourth-order valence-corrected chi connectivity index (χ4v) is 7.30. The van der Waals surface area contributed by atoms with Gasteiger partial charge >= 0.3 is 5.97 Å². The van der Waals surface area contributed by atoms with Gasteiger partial charge in [0.2, 0.25) is 35.4 Å². The van der Waals surface area contributed by atoms with Gasteiger partial charge in [-0.05, 0) is 81.0 Å². The molecule has 22 nitrogen and oxygen atoms in total. The lowest BCUT2D eigenvalue weighted by molar-refractivity contribution is -0.142. The third-order valence-corrected chi connectivity index (χ3v) is 10.6. The van der Waals surface area contributed by atoms with Gasteiger partial charge in [-0.15, -0.1) is 0 Å². The van der Waals surface area contributed by atoms with Crippen molar-refractivity contribution < 1.29 is 43.8 Å². The molecule has 17 N–H and O–H groups in total. The Morgan fingerprint density at radius 1 is 0.667 bits per heavy atom. The maximum absolute atomic E-state index is 14.3. The van der Waals surface area contributed by atoms with Crippen LogP contribution >= 0.6 is 0 Å². The number of carboxylic acid groups (broad SMARTS) is 1. The smallest absolute Gasteiger partial charge is 0.326 e. The average Bonchev–Trinajstić information content (AvgIpc) is 3.75. The number of phenolic OH excluding ortho intramolecular Hbond substituents is 1. The first-order chi connectivity index (χ1) is 31.2. The van der Waals surface area contributed by atoms with Gasteiger partial charge in [0.05, 0.1) is 6.04 Å². The molecule has 1 fully saturated rings. The van der Waals surface area contributed by atoms with Crippen molar-refractivity contribution in [3.63, 3.8) is 0 Å². The highest BCUT2D eigenvalue weighted by Gasteiger charge is 2.38. The number of carbonyl (C=O) groups is 7. The molecule has 2 aromatic rings. The molecular formula is C44H67N13O9. The number of aliphatic carboxylic acids is 1. The summed E-state index contributed by atoms with van der Waals surface area (Å²) in [6.45, 7) is 5.69. The second-order valence-electron chi connectivity index (χ2n) is 16.7. The molecule has 66 heavy (non-hydrogen) atoms. The first-order valence-electron chi connectivity index (χ1n) is 22.0. The number of guanidine groups is 2. The third-order valence-electron chi connectivity index (χ3n) is 10.6. The second-order valence-corrected chi connectivity index (χ2v) is 16.7. The van der Waals surface area contributed by atoms with Crippen molar-refractivity contribution >= 4 is 53.3 Å². The van der Waals surface area contributed by atoms with Crippen molar-refractivity contribution in [2.24, 2.45) is 44.6 Å². The molecule has 0 spiro atoms. The third kappa shape index (κ3) is 18.3. The molecule has 362 valence electrons. The number of aliphatic imine (C=N–C) groups is 2. The number of nitrogens with zero attached hydrogens (tertiary/aromatic N) is 3. The SMILES string of the molecule is CC(C)C[C@H](NC(=O)[C@H](CCCN=C(N)N)NC(=O)[C@@H]1CCCN1C(=O)[C@H](C)N)C(=O)N[C@@H](CCCN=C(N)N)C(=O)N[C@@H](Cc1ccccc1)C(=O)N[C@@H](Cc1ccc(O)cc1)C(=O)O. The number of rotatable bonds is 26. The average molecular weight is 922 g/mol. The summed E-state index contributed by atoms with van der Waals surface area (Å²) in [6, 6.07) is 6.32. The minimum Gasteiger partial charge on any atom is -0.508 e. The zero-order chi connectivity index (χ0) is 48.9. The van der Waals surface area contributed by atoms with Gasteiger partial charge in [0.1, 0.15) is 42.0 Å². The molecule has 6 amide bonds. The summed E-state index contributed by atoms with van der Waals surface area (Å²) in [5.74, 6) is -5.94. The van der Waals surface area contributed by atoms with E-state index in [0.717, 1.165) is 0 Å². The van der Waals surface area contributed by atoms with Crippen LogP contribution in [0.25, 0.3) is 0 Å². The van der Waals surface area contributed by atoms with E-state index in [1.165, 1.54) is 36.1 Å². The van der Waals surface area contributed by atoms with Crippen LogP contribution < -0.4 is 55.3 Å². The lowest BCUT2D eigenvalue weighted by Crippen LogP contribution is -2.60. The molecule has 2 aromatic carbocycles. The maximum Gasteiger partial charge on any atom is 0.326 e. The Labute approximate surface area is 384 Å². The first-order valence-corrected chi connectivity index (χ1v) is 22.0. The number of phenols is 1. The molecule has 3 rings (SSSR count). The van der Waals surface area contributed by atoms with Crippen LogP contribution in [0, 0.1) is 5.92 Å². The number of amides is 6. The number of hydrogen-bond acceptors (Lipinski definition) is 11. The zero-order valence-electron chi connectivity index (χ0n) is 37.8. The standard InChI is InChI=1S/C44H67N13O9/c1-25(2)22-32(54-37(60)31(13-8-20-51-44(48)49)53-40(63)35-14-9-21-57(35)41(64)26(3)45)38(61)52-30(12-7-19-50-43(46)47)36(59)55-33(23-27-10-5-4-6-11-27)39(62)56-34(42(65)66)24-28-15-17-29(58)18-16-28/h4-6,10-11,15-18,25-26,30-35,58H,7-9,12-14,19-24,45H2,1-3H3,(H,52,61)(H,53,63)(H,54,60)(H,55,59)(H,56,62)(H,65,66)(H4,46,47,50)(H4,48,49,51)/t26-,30-,31-,32-,33-,34-,35-/m0/s1. The summed E-state index contributed by atoms with van der Waals surface area (Å²) < 4.78 is 0. The number of aromatic hydroxyl groups is 1. The lowest BCUT2D eigenvalue weighted by atomic mass is 10.00. The first kappa shape index (κ1) is 53.4. The van der Waals surface area contributed by atoms with Crippen LogP contribution in [0.2, 0.25) is 0 Å². The number of carboxylic acids is 1.